The van der Waals surface area contributed by atoms with Gasteiger partial charge in [0, 0.05) is 23.8 Å². The first-order chi connectivity index (χ1) is 17.3. The lowest BCUT2D eigenvalue weighted by Gasteiger charge is -2.17. The van der Waals surface area contributed by atoms with Crippen molar-refractivity contribution < 1.29 is 34.4 Å². The summed E-state index contributed by atoms with van der Waals surface area (Å²) in [5.41, 5.74) is 4.50. The van der Waals surface area contributed by atoms with Gasteiger partial charge in [0.2, 0.25) is 0 Å². The second-order valence-electron chi connectivity index (χ2n) is 8.57. The molecular formula is C27H27NO7S. The molecule has 4 N–H and O–H groups in total. The minimum atomic E-state index is -1.24. The Kier molecular flexibility index (Phi) is 8.14. The number of carbonyl (C=O) groups excluding carboxylic acids is 2. The number of aliphatic hydroxyl groups is 2. The second kappa shape index (κ2) is 11.5. The van der Waals surface area contributed by atoms with E-state index in [1.165, 1.54) is 12.1 Å². The largest absolute Gasteiger partial charge is 0.481 e. The Balaban J connectivity index is 1.24. The van der Waals surface area contributed by atoms with Gasteiger partial charge in [-0.25, -0.2) is 4.79 Å². The number of nitrogens with one attached hydrogen (secondary N) is 1. The Morgan fingerprint density at radius 1 is 0.917 bits per heavy atom. The van der Waals surface area contributed by atoms with Crippen molar-refractivity contribution in [2.75, 3.05) is 13.2 Å². The maximum atomic E-state index is 12.3. The molecule has 2 unspecified atom stereocenters. The number of benzene rings is 2. The Bertz CT molecular complexity index is 1210. The summed E-state index contributed by atoms with van der Waals surface area (Å²) in [6.07, 6.45) is -3.33. The van der Waals surface area contributed by atoms with Crippen LogP contribution in [-0.4, -0.2) is 52.4 Å². The lowest BCUT2D eigenvalue weighted by atomic mass is 9.98. The maximum Gasteiger partial charge on any atom is 0.407 e. The van der Waals surface area contributed by atoms with Crippen molar-refractivity contribution in [3.63, 3.8) is 0 Å². The molecular weight excluding hydrogens is 482 g/mol. The molecule has 0 fully saturated rings. The summed E-state index contributed by atoms with van der Waals surface area (Å²) in [6, 6.07) is 19.1. The molecule has 1 aliphatic carbocycles. The van der Waals surface area contributed by atoms with Crippen LogP contribution in [0.3, 0.4) is 0 Å². The molecule has 1 aromatic heterocycles. The number of Topliss-reactive ketones (excluding diaryl/α,β-unsaturated/α-hetero) is 1. The van der Waals surface area contributed by atoms with E-state index in [1.807, 2.05) is 36.4 Å². The number of carboxylic acids is 1. The highest BCUT2D eigenvalue weighted by atomic mass is 32.1. The van der Waals surface area contributed by atoms with Gasteiger partial charge in [0.15, 0.2) is 5.78 Å². The number of ketones is 1. The van der Waals surface area contributed by atoms with Gasteiger partial charge in [-0.15, -0.1) is 11.3 Å². The van der Waals surface area contributed by atoms with Crippen LogP contribution in [0, 0.1) is 0 Å². The maximum absolute atomic E-state index is 12.3. The number of hydrogen-bond donors (Lipinski definition) is 4. The monoisotopic (exact) mass is 509 g/mol. The molecule has 1 aliphatic rings. The summed E-state index contributed by atoms with van der Waals surface area (Å²) in [5.74, 6) is -1.44. The summed E-state index contributed by atoms with van der Waals surface area (Å²) in [7, 11) is 0. The van der Waals surface area contributed by atoms with Crippen LogP contribution in [0.5, 0.6) is 0 Å². The van der Waals surface area contributed by atoms with Crippen LogP contribution in [0.1, 0.15) is 57.0 Å². The van der Waals surface area contributed by atoms with Crippen LogP contribution in [0.15, 0.2) is 60.7 Å². The summed E-state index contributed by atoms with van der Waals surface area (Å²) in [4.78, 5) is 35.7. The normalized spacial score (nSPS) is 13.9. The van der Waals surface area contributed by atoms with Gasteiger partial charge in [-0.3, -0.25) is 9.59 Å². The quantitative estimate of drug-likeness (QED) is 0.286. The van der Waals surface area contributed by atoms with Gasteiger partial charge in [0.05, 0.1) is 17.4 Å². The molecule has 0 spiro atoms. The summed E-state index contributed by atoms with van der Waals surface area (Å²) >= 11 is 1.02. The van der Waals surface area contributed by atoms with Crippen LogP contribution < -0.4 is 5.32 Å². The number of amides is 1. The van der Waals surface area contributed by atoms with Gasteiger partial charge in [0.1, 0.15) is 12.7 Å². The van der Waals surface area contributed by atoms with E-state index in [9.17, 15) is 24.6 Å². The molecule has 4 rings (SSSR count). The number of alkyl carbamates (subject to hydrolysis) is 1. The molecule has 1 amide bonds. The van der Waals surface area contributed by atoms with E-state index in [1.54, 1.807) is 0 Å². The molecule has 8 nitrogen and oxygen atoms in total. The van der Waals surface area contributed by atoms with E-state index in [4.69, 9.17) is 9.84 Å². The molecule has 9 heteroatoms. The fraction of sp³-hybridized carbons (Fsp3) is 0.296. The molecule has 0 saturated heterocycles. The number of rotatable bonds is 11. The number of aliphatic hydroxyl groups excluding tert-OH is 2. The van der Waals surface area contributed by atoms with Crippen LogP contribution in [0.2, 0.25) is 0 Å². The molecule has 2 atom stereocenters. The van der Waals surface area contributed by atoms with Gasteiger partial charge in [0.25, 0.3) is 0 Å². The zero-order valence-corrected chi connectivity index (χ0v) is 20.2. The van der Waals surface area contributed by atoms with Crippen LogP contribution in [0.25, 0.3) is 11.1 Å². The highest BCUT2D eigenvalue weighted by Crippen LogP contribution is 2.44. The second-order valence-corrected chi connectivity index (χ2v) is 9.69. The highest BCUT2D eigenvalue weighted by molar-refractivity contribution is 7.14. The predicted octanol–water partition coefficient (Wildman–Crippen LogP) is 4.12. The van der Waals surface area contributed by atoms with Crippen molar-refractivity contribution in [1.29, 1.82) is 0 Å². The number of ether oxygens (including phenoxy) is 1. The number of thiophene rings is 1. The number of hydrogen-bond acceptors (Lipinski definition) is 7. The highest BCUT2D eigenvalue weighted by Gasteiger charge is 2.29. The standard InChI is InChI=1S/C27H27NO7S/c29-21(9-12-25(31)32)23-10-11-24(36-23)26(33)22(30)13-14-28-27(34)35-15-20-18-7-3-1-5-16(18)17-6-2-4-8-19(17)20/h1-8,10-11,20,22,26,30,33H,9,12-15H2,(H,28,34)(H,31,32). The summed E-state index contributed by atoms with van der Waals surface area (Å²) < 4.78 is 5.46. The molecule has 0 bridgehead atoms. The molecule has 0 radical (unpaired) electrons. The zero-order valence-electron chi connectivity index (χ0n) is 19.4. The van der Waals surface area contributed by atoms with Crippen molar-refractivity contribution in [3.8, 4) is 11.1 Å². The number of fused-ring (bicyclic) bond motifs is 3. The lowest BCUT2D eigenvalue weighted by molar-refractivity contribution is -0.136. The number of carboxylic acid groups (broad SMARTS) is 1. The van der Waals surface area contributed by atoms with Crippen molar-refractivity contribution in [3.05, 3.63) is 81.5 Å². The Hall–Kier alpha value is -3.53. The predicted molar refractivity (Wildman–Crippen MR) is 134 cm³/mol. The minimum absolute atomic E-state index is 0.0539. The summed E-state index contributed by atoms with van der Waals surface area (Å²) in [6.45, 7) is 0.267. The zero-order chi connectivity index (χ0) is 25.7. The molecule has 2 aromatic carbocycles. The van der Waals surface area contributed by atoms with E-state index in [-0.39, 0.29) is 44.1 Å². The third-order valence-corrected chi connectivity index (χ3v) is 7.37. The topological polar surface area (TPSA) is 133 Å². The third kappa shape index (κ3) is 5.81. The Morgan fingerprint density at radius 3 is 2.19 bits per heavy atom. The molecule has 188 valence electrons. The van der Waals surface area contributed by atoms with Crippen molar-refractivity contribution >= 4 is 29.2 Å². The van der Waals surface area contributed by atoms with Crippen molar-refractivity contribution in [1.82, 2.24) is 5.32 Å². The molecule has 1 heterocycles. The molecule has 0 saturated carbocycles. The van der Waals surface area contributed by atoms with Crippen LogP contribution in [-0.2, 0) is 9.53 Å². The number of carbonyl (C=O) groups is 3. The smallest absolute Gasteiger partial charge is 0.407 e. The molecule has 0 aliphatic heterocycles. The number of aliphatic carboxylic acids is 1. The van der Waals surface area contributed by atoms with Gasteiger partial charge in [-0.1, -0.05) is 48.5 Å². The first-order valence-corrected chi connectivity index (χ1v) is 12.5. The Labute approximate surface area is 212 Å². The van der Waals surface area contributed by atoms with E-state index in [0.717, 1.165) is 33.6 Å². The van der Waals surface area contributed by atoms with E-state index in [2.05, 4.69) is 17.4 Å². The van der Waals surface area contributed by atoms with Gasteiger partial charge in [-0.2, -0.15) is 0 Å². The average Bonchev–Trinajstić information content (AvgIpc) is 3.49. The van der Waals surface area contributed by atoms with Crippen molar-refractivity contribution in [2.24, 2.45) is 0 Å². The van der Waals surface area contributed by atoms with E-state index < -0.39 is 24.3 Å². The molecule has 3 aromatic rings. The van der Waals surface area contributed by atoms with Crippen LogP contribution in [0.4, 0.5) is 4.79 Å². The van der Waals surface area contributed by atoms with Crippen LogP contribution >= 0.6 is 11.3 Å². The lowest BCUT2D eigenvalue weighted by Crippen LogP contribution is -2.30. The molecule has 36 heavy (non-hydrogen) atoms. The summed E-state index contributed by atoms with van der Waals surface area (Å²) in [5, 5.41) is 32.0. The fourth-order valence-electron chi connectivity index (χ4n) is 4.32. The van der Waals surface area contributed by atoms with E-state index >= 15 is 0 Å². The average molecular weight is 510 g/mol. The van der Waals surface area contributed by atoms with Gasteiger partial charge < -0.3 is 25.4 Å². The fourth-order valence-corrected chi connectivity index (χ4v) is 5.34. The SMILES string of the molecule is O=C(O)CCC(=O)c1ccc(C(O)C(O)CCNC(=O)OCC2c3ccccc3-c3ccccc32)s1. The van der Waals surface area contributed by atoms with Gasteiger partial charge >= 0.3 is 12.1 Å². The van der Waals surface area contributed by atoms with E-state index in [0.29, 0.717) is 9.75 Å². The van der Waals surface area contributed by atoms with Gasteiger partial charge in [-0.05, 0) is 40.8 Å². The van der Waals surface area contributed by atoms with Crippen molar-refractivity contribution in [2.45, 2.75) is 37.4 Å². The third-order valence-electron chi connectivity index (χ3n) is 6.18. The Morgan fingerprint density at radius 2 is 1.56 bits per heavy atom. The first kappa shape index (κ1) is 25.6. The minimum Gasteiger partial charge on any atom is -0.481 e. The first-order valence-electron chi connectivity index (χ1n) is 11.6.